The highest BCUT2D eigenvalue weighted by molar-refractivity contribution is 5.05. The molecule has 1 aromatic rings. The summed E-state index contributed by atoms with van der Waals surface area (Å²) in [5.41, 5.74) is 0. The lowest BCUT2D eigenvalue weighted by Crippen LogP contribution is -2.50. The molecule has 0 atom stereocenters. The molecule has 2 heterocycles. The van der Waals surface area contributed by atoms with Gasteiger partial charge in [0.1, 0.15) is 12.4 Å². The first kappa shape index (κ1) is 9.92. The zero-order chi connectivity index (χ0) is 9.52. The average molecular weight is 181 g/mol. The lowest BCUT2D eigenvalue weighted by molar-refractivity contribution is 0.136. The van der Waals surface area contributed by atoms with E-state index in [0.717, 1.165) is 13.1 Å². The van der Waals surface area contributed by atoms with E-state index in [1.165, 1.54) is 6.33 Å². The molecular weight excluding hydrogens is 166 g/mol. The minimum Gasteiger partial charge on any atom is -0.472 e. The molecule has 1 saturated heterocycles. The van der Waals surface area contributed by atoms with Crippen molar-refractivity contribution in [2.24, 2.45) is 0 Å². The molecule has 1 aliphatic rings. The van der Waals surface area contributed by atoms with Crippen molar-refractivity contribution in [2.45, 2.75) is 20.0 Å². The standard InChI is InChI=1S/C7H9N3O.C2H6/c1-2-8-5-10-7(1)11-6-3-9-4-6;1-2/h1-2,5-6,9H,3-4H2;1-2H3. The minimum absolute atomic E-state index is 0.296. The van der Waals surface area contributed by atoms with Crippen LogP contribution in [-0.2, 0) is 0 Å². The zero-order valence-electron chi connectivity index (χ0n) is 8.03. The molecule has 0 spiro atoms. The summed E-state index contributed by atoms with van der Waals surface area (Å²) in [5.74, 6) is 0.659. The van der Waals surface area contributed by atoms with Gasteiger partial charge in [0.2, 0.25) is 5.88 Å². The molecule has 1 aromatic heterocycles. The normalized spacial score (nSPS) is 15.2. The fourth-order valence-electron chi connectivity index (χ4n) is 0.865. The third kappa shape index (κ3) is 2.99. The van der Waals surface area contributed by atoms with Gasteiger partial charge in [-0.3, -0.25) is 0 Å². The van der Waals surface area contributed by atoms with Crippen molar-refractivity contribution in [1.29, 1.82) is 0 Å². The van der Waals surface area contributed by atoms with Gasteiger partial charge in [-0.2, -0.15) is 0 Å². The third-order valence-electron chi connectivity index (χ3n) is 1.59. The fraction of sp³-hybridized carbons (Fsp3) is 0.556. The summed E-state index contributed by atoms with van der Waals surface area (Å²) in [6, 6.07) is 1.76. The first-order valence-electron chi connectivity index (χ1n) is 4.58. The Kier molecular flexibility index (Phi) is 4.18. The Morgan fingerprint density at radius 2 is 2.23 bits per heavy atom. The molecular formula is C9H15N3O. The highest BCUT2D eigenvalue weighted by Gasteiger charge is 2.18. The Bertz CT molecular complexity index is 224. The summed E-state index contributed by atoms with van der Waals surface area (Å²) in [6.45, 7) is 5.84. The SMILES string of the molecule is CC.c1cc(OC2CNC2)ncn1. The largest absolute Gasteiger partial charge is 0.472 e. The van der Waals surface area contributed by atoms with Crippen molar-refractivity contribution in [1.82, 2.24) is 15.3 Å². The van der Waals surface area contributed by atoms with Gasteiger partial charge < -0.3 is 10.1 Å². The Labute approximate surface area is 78.4 Å². The monoisotopic (exact) mass is 181 g/mol. The van der Waals surface area contributed by atoms with E-state index in [9.17, 15) is 0 Å². The quantitative estimate of drug-likeness (QED) is 0.735. The predicted octanol–water partition coefficient (Wildman–Crippen LogP) is 0.853. The van der Waals surface area contributed by atoms with E-state index in [4.69, 9.17) is 4.74 Å². The second-order valence-electron chi connectivity index (χ2n) is 2.45. The summed E-state index contributed by atoms with van der Waals surface area (Å²) in [7, 11) is 0. The van der Waals surface area contributed by atoms with Crippen LogP contribution in [0, 0.1) is 0 Å². The van der Waals surface area contributed by atoms with Gasteiger partial charge in [-0.05, 0) is 0 Å². The topological polar surface area (TPSA) is 47.0 Å². The molecule has 0 saturated carbocycles. The first-order valence-corrected chi connectivity index (χ1v) is 4.58. The van der Waals surface area contributed by atoms with E-state index in [1.807, 2.05) is 13.8 Å². The predicted molar refractivity (Wildman–Crippen MR) is 50.7 cm³/mol. The van der Waals surface area contributed by atoms with Crippen LogP contribution in [-0.4, -0.2) is 29.2 Å². The molecule has 13 heavy (non-hydrogen) atoms. The van der Waals surface area contributed by atoms with E-state index in [2.05, 4.69) is 15.3 Å². The lowest BCUT2D eigenvalue weighted by Gasteiger charge is -2.26. The van der Waals surface area contributed by atoms with Crippen LogP contribution >= 0.6 is 0 Å². The van der Waals surface area contributed by atoms with Crippen LogP contribution in [0.15, 0.2) is 18.6 Å². The Balaban J connectivity index is 0.000000396. The van der Waals surface area contributed by atoms with Crippen LogP contribution in [0.2, 0.25) is 0 Å². The van der Waals surface area contributed by atoms with Gasteiger partial charge in [0, 0.05) is 25.4 Å². The molecule has 4 nitrogen and oxygen atoms in total. The second-order valence-corrected chi connectivity index (χ2v) is 2.45. The Morgan fingerprint density at radius 1 is 1.46 bits per heavy atom. The maximum Gasteiger partial charge on any atom is 0.216 e. The fourth-order valence-corrected chi connectivity index (χ4v) is 0.865. The molecule has 72 valence electrons. The number of ether oxygens (including phenoxy) is 1. The first-order chi connectivity index (χ1) is 6.45. The molecule has 0 aliphatic carbocycles. The summed E-state index contributed by atoms with van der Waals surface area (Å²) in [5, 5.41) is 3.11. The van der Waals surface area contributed by atoms with E-state index in [1.54, 1.807) is 12.3 Å². The van der Waals surface area contributed by atoms with Gasteiger partial charge >= 0.3 is 0 Å². The van der Waals surface area contributed by atoms with Crippen molar-refractivity contribution in [2.75, 3.05) is 13.1 Å². The Hall–Kier alpha value is -1.16. The van der Waals surface area contributed by atoms with E-state index >= 15 is 0 Å². The summed E-state index contributed by atoms with van der Waals surface area (Å²) >= 11 is 0. The summed E-state index contributed by atoms with van der Waals surface area (Å²) in [4.78, 5) is 7.73. The van der Waals surface area contributed by atoms with Gasteiger partial charge in [0.15, 0.2) is 0 Å². The number of hydrogen-bond donors (Lipinski definition) is 1. The van der Waals surface area contributed by atoms with Crippen molar-refractivity contribution >= 4 is 0 Å². The van der Waals surface area contributed by atoms with Gasteiger partial charge in [0.05, 0.1) is 0 Å². The third-order valence-corrected chi connectivity index (χ3v) is 1.59. The van der Waals surface area contributed by atoms with Gasteiger partial charge in [-0.15, -0.1) is 0 Å². The van der Waals surface area contributed by atoms with Crippen molar-refractivity contribution in [3.05, 3.63) is 18.6 Å². The van der Waals surface area contributed by atoms with Crippen molar-refractivity contribution in [3.8, 4) is 5.88 Å². The molecule has 1 aliphatic heterocycles. The van der Waals surface area contributed by atoms with E-state index in [0.29, 0.717) is 12.0 Å². The number of nitrogens with one attached hydrogen (secondary N) is 1. The van der Waals surface area contributed by atoms with Crippen LogP contribution < -0.4 is 10.1 Å². The maximum absolute atomic E-state index is 5.44. The van der Waals surface area contributed by atoms with Crippen LogP contribution in [0.1, 0.15) is 13.8 Å². The van der Waals surface area contributed by atoms with Crippen molar-refractivity contribution < 1.29 is 4.74 Å². The molecule has 2 rings (SSSR count). The van der Waals surface area contributed by atoms with Crippen LogP contribution in [0.4, 0.5) is 0 Å². The zero-order valence-corrected chi connectivity index (χ0v) is 8.03. The summed E-state index contributed by atoms with van der Waals surface area (Å²) < 4.78 is 5.44. The van der Waals surface area contributed by atoms with Gasteiger partial charge in [-0.25, -0.2) is 9.97 Å². The molecule has 0 amide bonds. The lowest BCUT2D eigenvalue weighted by atomic mass is 10.2. The van der Waals surface area contributed by atoms with Crippen molar-refractivity contribution in [3.63, 3.8) is 0 Å². The molecule has 0 unspecified atom stereocenters. The summed E-state index contributed by atoms with van der Waals surface area (Å²) in [6.07, 6.45) is 3.46. The highest BCUT2D eigenvalue weighted by atomic mass is 16.5. The Morgan fingerprint density at radius 3 is 2.69 bits per heavy atom. The molecule has 0 radical (unpaired) electrons. The highest BCUT2D eigenvalue weighted by Crippen LogP contribution is 2.07. The smallest absolute Gasteiger partial charge is 0.216 e. The molecule has 1 fully saturated rings. The average Bonchev–Trinajstić information content (AvgIpc) is 2.17. The number of rotatable bonds is 2. The maximum atomic E-state index is 5.44. The molecule has 4 heteroatoms. The van der Waals surface area contributed by atoms with Crippen LogP contribution in [0.3, 0.4) is 0 Å². The minimum atomic E-state index is 0.296. The van der Waals surface area contributed by atoms with E-state index in [-0.39, 0.29) is 0 Å². The molecule has 1 N–H and O–H groups in total. The van der Waals surface area contributed by atoms with Gasteiger partial charge in [-0.1, -0.05) is 13.8 Å². The van der Waals surface area contributed by atoms with Crippen LogP contribution in [0.25, 0.3) is 0 Å². The molecule has 0 aromatic carbocycles. The van der Waals surface area contributed by atoms with Gasteiger partial charge in [0.25, 0.3) is 0 Å². The second kappa shape index (κ2) is 5.48. The number of hydrogen-bond acceptors (Lipinski definition) is 4. The number of aromatic nitrogens is 2. The van der Waals surface area contributed by atoms with Crippen LogP contribution in [0.5, 0.6) is 5.88 Å². The van der Waals surface area contributed by atoms with E-state index < -0.39 is 0 Å². The number of nitrogens with zero attached hydrogens (tertiary/aromatic N) is 2. The molecule has 0 bridgehead atoms.